The highest BCUT2D eigenvalue weighted by molar-refractivity contribution is 6.31. The molecule has 0 aliphatic carbocycles. The van der Waals surface area contributed by atoms with Crippen molar-refractivity contribution < 1.29 is 4.74 Å². The number of nitriles is 1. The van der Waals surface area contributed by atoms with Crippen molar-refractivity contribution in [3.63, 3.8) is 0 Å². The highest BCUT2D eigenvalue weighted by Crippen LogP contribution is 2.27. The highest BCUT2D eigenvalue weighted by atomic mass is 35.5. The number of ether oxygens (including phenoxy) is 1. The van der Waals surface area contributed by atoms with Gasteiger partial charge in [-0.1, -0.05) is 29.8 Å². The van der Waals surface area contributed by atoms with Gasteiger partial charge in [0.2, 0.25) is 0 Å². The Balaban J connectivity index is 2.19. The molecule has 2 nitrogen and oxygen atoms in total. The number of halogens is 2. The predicted molar refractivity (Wildman–Crippen MR) is 86.0 cm³/mol. The van der Waals surface area contributed by atoms with Gasteiger partial charge in [-0.25, -0.2) is 0 Å². The molecule has 0 aliphatic heterocycles. The number of alkyl halides is 1. The van der Waals surface area contributed by atoms with E-state index in [4.69, 9.17) is 33.2 Å². The summed E-state index contributed by atoms with van der Waals surface area (Å²) in [6, 6.07) is 11.3. The monoisotopic (exact) mass is 319 g/mol. The van der Waals surface area contributed by atoms with Gasteiger partial charge >= 0.3 is 0 Å². The smallest absolute Gasteiger partial charge is 0.125 e. The third kappa shape index (κ3) is 3.69. The summed E-state index contributed by atoms with van der Waals surface area (Å²) in [5.41, 5.74) is 4.58. The number of rotatable bonds is 4. The number of aryl methyl sites for hydroxylation is 2. The third-order valence-corrected chi connectivity index (χ3v) is 3.89. The average Bonchev–Trinajstić information content (AvgIpc) is 2.47. The molecule has 21 heavy (non-hydrogen) atoms. The van der Waals surface area contributed by atoms with Crippen molar-refractivity contribution in [1.82, 2.24) is 0 Å². The van der Waals surface area contributed by atoms with E-state index in [9.17, 15) is 0 Å². The van der Waals surface area contributed by atoms with Crippen molar-refractivity contribution in [1.29, 1.82) is 5.26 Å². The van der Waals surface area contributed by atoms with Crippen molar-refractivity contribution in [2.75, 3.05) is 0 Å². The Hall–Kier alpha value is -1.69. The maximum atomic E-state index is 8.83. The van der Waals surface area contributed by atoms with Gasteiger partial charge in [-0.15, -0.1) is 11.6 Å². The Morgan fingerprint density at radius 2 is 1.81 bits per heavy atom. The van der Waals surface area contributed by atoms with Gasteiger partial charge in [0.05, 0.1) is 11.6 Å². The maximum absolute atomic E-state index is 8.83. The summed E-state index contributed by atoms with van der Waals surface area (Å²) in [5, 5.41) is 9.38. The minimum atomic E-state index is 0.368. The second-order valence-corrected chi connectivity index (χ2v) is 5.57. The van der Waals surface area contributed by atoms with Crippen LogP contribution in [0.3, 0.4) is 0 Å². The summed E-state index contributed by atoms with van der Waals surface area (Å²) in [4.78, 5) is 0. The van der Waals surface area contributed by atoms with Crippen LogP contribution in [0.15, 0.2) is 30.3 Å². The number of nitrogens with zero attached hydrogens (tertiary/aromatic N) is 1. The Morgan fingerprint density at radius 1 is 1.14 bits per heavy atom. The van der Waals surface area contributed by atoms with E-state index in [1.807, 2.05) is 32.0 Å². The molecule has 2 rings (SSSR count). The fourth-order valence-electron chi connectivity index (χ4n) is 2.23. The third-order valence-electron chi connectivity index (χ3n) is 3.23. The van der Waals surface area contributed by atoms with Crippen LogP contribution in [0.2, 0.25) is 5.02 Å². The quantitative estimate of drug-likeness (QED) is 0.730. The molecule has 0 spiro atoms. The molecule has 2 aromatic rings. The van der Waals surface area contributed by atoms with Gasteiger partial charge in [-0.3, -0.25) is 0 Å². The average molecular weight is 320 g/mol. The molecule has 0 radical (unpaired) electrons. The van der Waals surface area contributed by atoms with E-state index in [0.717, 1.165) is 28.0 Å². The molecule has 0 saturated carbocycles. The molecule has 0 atom stereocenters. The Kier molecular flexibility index (Phi) is 5.12. The van der Waals surface area contributed by atoms with Crippen LogP contribution in [0.1, 0.15) is 27.8 Å². The van der Waals surface area contributed by atoms with Gasteiger partial charge in [0, 0.05) is 16.5 Å². The minimum Gasteiger partial charge on any atom is -0.488 e. The summed E-state index contributed by atoms with van der Waals surface area (Å²) in [6.07, 6.45) is 0. The summed E-state index contributed by atoms with van der Waals surface area (Å²) < 4.78 is 5.90. The van der Waals surface area contributed by atoms with Gasteiger partial charge < -0.3 is 4.74 Å². The molecule has 0 aromatic heterocycles. The summed E-state index contributed by atoms with van der Waals surface area (Å²) in [7, 11) is 0. The lowest BCUT2D eigenvalue weighted by atomic mass is 10.1. The summed E-state index contributed by atoms with van der Waals surface area (Å²) >= 11 is 12.0. The molecule has 2 aromatic carbocycles. The van der Waals surface area contributed by atoms with Crippen molar-refractivity contribution in [2.45, 2.75) is 26.3 Å². The number of benzene rings is 2. The number of hydrogen-bond acceptors (Lipinski definition) is 2. The Morgan fingerprint density at radius 3 is 2.33 bits per heavy atom. The second kappa shape index (κ2) is 6.85. The maximum Gasteiger partial charge on any atom is 0.125 e. The predicted octanol–water partition coefficient (Wildman–Crippen LogP) is 5.15. The number of hydrogen-bond donors (Lipinski definition) is 0. The van der Waals surface area contributed by atoms with Crippen LogP contribution < -0.4 is 4.74 Å². The van der Waals surface area contributed by atoms with Crippen LogP contribution in [0, 0.1) is 25.2 Å². The van der Waals surface area contributed by atoms with E-state index >= 15 is 0 Å². The molecular formula is C17H15Cl2NO. The van der Waals surface area contributed by atoms with E-state index in [1.165, 1.54) is 0 Å². The topological polar surface area (TPSA) is 33.0 Å². The van der Waals surface area contributed by atoms with Gasteiger partial charge in [-0.05, 0) is 42.7 Å². The lowest BCUT2D eigenvalue weighted by molar-refractivity contribution is 0.302. The van der Waals surface area contributed by atoms with E-state index in [1.54, 1.807) is 12.1 Å². The van der Waals surface area contributed by atoms with Crippen LogP contribution in [-0.4, -0.2) is 0 Å². The first-order valence-corrected chi connectivity index (χ1v) is 7.43. The second-order valence-electron chi connectivity index (χ2n) is 4.90. The lowest BCUT2D eigenvalue weighted by Gasteiger charge is -2.14. The molecule has 0 saturated heterocycles. The minimum absolute atomic E-state index is 0.368. The van der Waals surface area contributed by atoms with Crippen LogP contribution >= 0.6 is 23.2 Å². The van der Waals surface area contributed by atoms with Gasteiger partial charge in [0.15, 0.2) is 0 Å². The zero-order valence-corrected chi connectivity index (χ0v) is 13.4. The molecule has 0 N–H and O–H groups in total. The highest BCUT2D eigenvalue weighted by Gasteiger charge is 2.08. The zero-order chi connectivity index (χ0) is 15.4. The first kappa shape index (κ1) is 15.7. The molecule has 0 bridgehead atoms. The van der Waals surface area contributed by atoms with Crippen molar-refractivity contribution >= 4 is 23.2 Å². The van der Waals surface area contributed by atoms with Crippen LogP contribution in [0.25, 0.3) is 0 Å². The first-order chi connectivity index (χ1) is 10.0. The SMILES string of the molecule is Cc1cc(CCl)cc(C)c1OCc1ccc(C#N)cc1Cl. The fourth-order valence-corrected chi connectivity index (χ4v) is 2.62. The summed E-state index contributed by atoms with van der Waals surface area (Å²) in [5.74, 6) is 1.34. The van der Waals surface area contributed by atoms with Crippen LogP contribution in [0.4, 0.5) is 0 Å². The summed E-state index contributed by atoms with van der Waals surface area (Å²) in [6.45, 7) is 4.37. The van der Waals surface area contributed by atoms with Crippen molar-refractivity contribution in [2.24, 2.45) is 0 Å². The largest absolute Gasteiger partial charge is 0.488 e. The van der Waals surface area contributed by atoms with Gasteiger partial charge in [0.25, 0.3) is 0 Å². The normalized spacial score (nSPS) is 10.2. The van der Waals surface area contributed by atoms with Crippen LogP contribution in [0.5, 0.6) is 5.75 Å². The molecule has 0 amide bonds. The zero-order valence-electron chi connectivity index (χ0n) is 11.9. The fraction of sp³-hybridized carbons (Fsp3) is 0.235. The molecule has 0 unspecified atom stereocenters. The van der Waals surface area contributed by atoms with Crippen LogP contribution in [-0.2, 0) is 12.5 Å². The first-order valence-electron chi connectivity index (χ1n) is 6.52. The van der Waals surface area contributed by atoms with E-state index in [-0.39, 0.29) is 0 Å². The Bertz CT molecular complexity index is 681. The van der Waals surface area contributed by atoms with Crippen molar-refractivity contribution in [3.05, 3.63) is 63.2 Å². The van der Waals surface area contributed by atoms with Crippen molar-refractivity contribution in [3.8, 4) is 11.8 Å². The Labute approximate surface area is 134 Å². The van der Waals surface area contributed by atoms with Gasteiger partial charge in [-0.2, -0.15) is 5.26 Å². The van der Waals surface area contributed by atoms with E-state index in [2.05, 4.69) is 6.07 Å². The molecular weight excluding hydrogens is 305 g/mol. The standard InChI is InChI=1S/C17H15Cl2NO/c1-11-5-14(8-18)6-12(2)17(11)21-10-15-4-3-13(9-20)7-16(15)19/h3-7H,8,10H2,1-2H3. The molecule has 0 aliphatic rings. The molecule has 0 heterocycles. The van der Waals surface area contributed by atoms with E-state index < -0.39 is 0 Å². The van der Waals surface area contributed by atoms with E-state index in [0.29, 0.717) is 23.1 Å². The molecule has 4 heteroatoms. The molecule has 0 fully saturated rings. The van der Waals surface area contributed by atoms with Gasteiger partial charge in [0.1, 0.15) is 12.4 Å². The lowest BCUT2D eigenvalue weighted by Crippen LogP contribution is -2.00. The molecule has 108 valence electrons.